The Hall–Kier alpha value is -2.01. The number of fused-ring (bicyclic) bond motifs is 1. The standard InChI is InChI=1S/C16H20N4O/c1-2-6-16(7-3-8-19-16)15(21)20-12-4-5-13-14(11-12)18-10-9-17-13/h4-5,9-11,19H,2-3,6-8H2,1H3,(H,20,21). The lowest BCUT2D eigenvalue weighted by Gasteiger charge is -2.27. The van der Waals surface area contributed by atoms with E-state index >= 15 is 0 Å². The van der Waals surface area contributed by atoms with Crippen molar-refractivity contribution in [2.24, 2.45) is 0 Å². The molecule has 0 aliphatic carbocycles. The molecule has 5 heteroatoms. The van der Waals surface area contributed by atoms with Gasteiger partial charge in [0.25, 0.3) is 0 Å². The Kier molecular flexibility index (Phi) is 3.84. The van der Waals surface area contributed by atoms with Gasteiger partial charge in [0, 0.05) is 18.1 Å². The Morgan fingerprint density at radius 2 is 2.14 bits per heavy atom. The third-order valence-corrected chi connectivity index (χ3v) is 4.08. The summed E-state index contributed by atoms with van der Waals surface area (Å²) in [5.41, 5.74) is 1.99. The molecule has 1 unspecified atom stereocenters. The molecule has 0 radical (unpaired) electrons. The number of hydrogen-bond donors (Lipinski definition) is 2. The van der Waals surface area contributed by atoms with E-state index in [-0.39, 0.29) is 5.91 Å². The zero-order valence-corrected chi connectivity index (χ0v) is 12.2. The Bertz CT molecular complexity index is 650. The van der Waals surface area contributed by atoms with Crippen molar-refractivity contribution < 1.29 is 4.79 Å². The fraction of sp³-hybridized carbons (Fsp3) is 0.438. The number of amides is 1. The first-order chi connectivity index (χ1) is 10.2. The van der Waals surface area contributed by atoms with Gasteiger partial charge in [-0.3, -0.25) is 14.8 Å². The molecule has 1 aliphatic rings. The molecule has 1 amide bonds. The van der Waals surface area contributed by atoms with E-state index in [1.807, 2.05) is 18.2 Å². The lowest BCUT2D eigenvalue weighted by molar-refractivity contribution is -0.122. The van der Waals surface area contributed by atoms with Gasteiger partial charge in [0.15, 0.2) is 0 Å². The first-order valence-electron chi connectivity index (χ1n) is 7.51. The highest BCUT2D eigenvalue weighted by molar-refractivity contribution is 5.99. The highest BCUT2D eigenvalue weighted by Crippen LogP contribution is 2.27. The molecule has 3 rings (SSSR count). The first kappa shape index (κ1) is 13.9. The maximum atomic E-state index is 12.7. The van der Waals surface area contributed by atoms with Gasteiger partial charge in [0.2, 0.25) is 5.91 Å². The maximum absolute atomic E-state index is 12.7. The van der Waals surface area contributed by atoms with Crippen LogP contribution in [0, 0.1) is 0 Å². The number of anilines is 1. The lowest BCUT2D eigenvalue weighted by Crippen LogP contribution is -2.50. The van der Waals surface area contributed by atoms with Crippen molar-refractivity contribution in [2.45, 2.75) is 38.1 Å². The van der Waals surface area contributed by atoms with Crippen LogP contribution in [0.25, 0.3) is 11.0 Å². The van der Waals surface area contributed by atoms with Crippen LogP contribution in [0.2, 0.25) is 0 Å². The molecular formula is C16H20N4O. The van der Waals surface area contributed by atoms with Crippen molar-refractivity contribution in [2.75, 3.05) is 11.9 Å². The van der Waals surface area contributed by atoms with E-state index in [1.165, 1.54) is 0 Å². The molecule has 21 heavy (non-hydrogen) atoms. The summed E-state index contributed by atoms with van der Waals surface area (Å²) in [4.78, 5) is 21.2. The van der Waals surface area contributed by atoms with E-state index in [1.54, 1.807) is 12.4 Å². The van der Waals surface area contributed by atoms with Crippen LogP contribution < -0.4 is 10.6 Å². The lowest BCUT2D eigenvalue weighted by atomic mass is 9.91. The Labute approximate surface area is 124 Å². The van der Waals surface area contributed by atoms with Gasteiger partial charge in [0.05, 0.1) is 16.6 Å². The molecule has 1 atom stereocenters. The largest absolute Gasteiger partial charge is 0.324 e. The molecule has 2 N–H and O–H groups in total. The Morgan fingerprint density at radius 1 is 1.33 bits per heavy atom. The topological polar surface area (TPSA) is 66.9 Å². The second-order valence-electron chi connectivity index (χ2n) is 5.58. The molecule has 5 nitrogen and oxygen atoms in total. The molecule has 110 valence electrons. The molecule has 1 saturated heterocycles. The van der Waals surface area contributed by atoms with Gasteiger partial charge < -0.3 is 10.6 Å². The maximum Gasteiger partial charge on any atom is 0.244 e. The van der Waals surface area contributed by atoms with Gasteiger partial charge >= 0.3 is 0 Å². The van der Waals surface area contributed by atoms with E-state index in [0.29, 0.717) is 0 Å². The highest BCUT2D eigenvalue weighted by atomic mass is 16.2. The van der Waals surface area contributed by atoms with Crippen LogP contribution in [0.3, 0.4) is 0 Å². The van der Waals surface area contributed by atoms with Crippen molar-refractivity contribution >= 4 is 22.6 Å². The van der Waals surface area contributed by atoms with Crippen LogP contribution in [0.4, 0.5) is 5.69 Å². The number of nitrogens with one attached hydrogen (secondary N) is 2. The van der Waals surface area contributed by atoms with Gasteiger partial charge in [-0.2, -0.15) is 0 Å². The second-order valence-corrected chi connectivity index (χ2v) is 5.58. The average Bonchev–Trinajstić information content (AvgIpc) is 2.97. The van der Waals surface area contributed by atoms with Crippen LogP contribution in [0.5, 0.6) is 0 Å². The minimum Gasteiger partial charge on any atom is -0.324 e. The van der Waals surface area contributed by atoms with Gasteiger partial charge in [-0.25, -0.2) is 0 Å². The van der Waals surface area contributed by atoms with Gasteiger partial charge in [-0.05, 0) is 44.0 Å². The number of carbonyl (C=O) groups is 1. The molecule has 1 aromatic heterocycles. The number of benzene rings is 1. The molecule has 2 aromatic rings. The second kappa shape index (κ2) is 5.77. The summed E-state index contributed by atoms with van der Waals surface area (Å²) < 4.78 is 0. The smallest absolute Gasteiger partial charge is 0.244 e. The number of rotatable bonds is 4. The van der Waals surface area contributed by atoms with E-state index in [2.05, 4.69) is 27.5 Å². The van der Waals surface area contributed by atoms with E-state index in [4.69, 9.17) is 0 Å². The summed E-state index contributed by atoms with van der Waals surface area (Å²) in [6, 6.07) is 5.63. The quantitative estimate of drug-likeness (QED) is 0.905. The van der Waals surface area contributed by atoms with Gasteiger partial charge in [-0.1, -0.05) is 13.3 Å². The van der Waals surface area contributed by atoms with Crippen molar-refractivity contribution in [1.82, 2.24) is 15.3 Å². The minimum atomic E-state index is -0.411. The zero-order valence-electron chi connectivity index (χ0n) is 12.2. The first-order valence-corrected chi connectivity index (χ1v) is 7.51. The summed E-state index contributed by atoms with van der Waals surface area (Å²) in [5, 5.41) is 6.42. The summed E-state index contributed by atoms with van der Waals surface area (Å²) in [6.07, 6.45) is 7.14. The molecular weight excluding hydrogens is 264 g/mol. The van der Waals surface area contributed by atoms with E-state index in [9.17, 15) is 4.79 Å². The fourth-order valence-corrected chi connectivity index (χ4v) is 3.05. The minimum absolute atomic E-state index is 0.0603. The number of carbonyl (C=O) groups excluding carboxylic acids is 1. The summed E-state index contributed by atoms with van der Waals surface area (Å²) in [6.45, 7) is 3.03. The normalized spacial score (nSPS) is 21.6. The Morgan fingerprint density at radius 3 is 2.86 bits per heavy atom. The molecule has 0 bridgehead atoms. The van der Waals surface area contributed by atoms with Crippen molar-refractivity contribution in [1.29, 1.82) is 0 Å². The highest BCUT2D eigenvalue weighted by Gasteiger charge is 2.39. The summed E-state index contributed by atoms with van der Waals surface area (Å²) in [7, 11) is 0. The predicted molar refractivity (Wildman–Crippen MR) is 83.0 cm³/mol. The van der Waals surface area contributed by atoms with Crippen LogP contribution in [-0.2, 0) is 4.79 Å². The van der Waals surface area contributed by atoms with Crippen LogP contribution in [-0.4, -0.2) is 28.0 Å². The SMILES string of the molecule is CCCC1(C(=O)Nc2ccc3nccnc3c2)CCCN1. The van der Waals surface area contributed by atoms with Crippen LogP contribution >= 0.6 is 0 Å². The molecule has 0 spiro atoms. The van der Waals surface area contributed by atoms with Crippen LogP contribution in [0.1, 0.15) is 32.6 Å². The molecule has 2 heterocycles. The third-order valence-electron chi connectivity index (χ3n) is 4.08. The third kappa shape index (κ3) is 2.74. The van der Waals surface area contributed by atoms with E-state index in [0.717, 1.165) is 48.9 Å². The molecule has 0 saturated carbocycles. The number of aromatic nitrogens is 2. The zero-order chi connectivity index (χ0) is 14.7. The van der Waals surface area contributed by atoms with E-state index < -0.39 is 5.54 Å². The molecule has 1 aliphatic heterocycles. The number of hydrogen-bond acceptors (Lipinski definition) is 4. The summed E-state index contributed by atoms with van der Waals surface area (Å²) >= 11 is 0. The van der Waals surface area contributed by atoms with Crippen molar-refractivity contribution in [3.8, 4) is 0 Å². The molecule has 1 fully saturated rings. The van der Waals surface area contributed by atoms with Gasteiger partial charge in [0.1, 0.15) is 0 Å². The van der Waals surface area contributed by atoms with Crippen LogP contribution in [0.15, 0.2) is 30.6 Å². The van der Waals surface area contributed by atoms with Crippen molar-refractivity contribution in [3.63, 3.8) is 0 Å². The van der Waals surface area contributed by atoms with Crippen molar-refractivity contribution in [3.05, 3.63) is 30.6 Å². The predicted octanol–water partition coefficient (Wildman–Crippen LogP) is 2.49. The monoisotopic (exact) mass is 284 g/mol. The fourth-order valence-electron chi connectivity index (χ4n) is 3.05. The number of nitrogens with zero attached hydrogens (tertiary/aromatic N) is 2. The summed E-state index contributed by atoms with van der Waals surface area (Å²) in [5.74, 6) is 0.0603. The Balaban J connectivity index is 1.82. The average molecular weight is 284 g/mol. The van der Waals surface area contributed by atoms with Gasteiger partial charge in [-0.15, -0.1) is 0 Å². The molecule has 1 aromatic carbocycles.